The Morgan fingerprint density at radius 2 is 2.08 bits per heavy atom. The molecule has 0 unspecified atom stereocenters. The lowest BCUT2D eigenvalue weighted by molar-refractivity contribution is -0.137. The molecule has 1 fully saturated rings. The van der Waals surface area contributed by atoms with Crippen LogP contribution in [0.2, 0.25) is 0 Å². The molecule has 24 heavy (non-hydrogen) atoms. The van der Waals surface area contributed by atoms with Crippen LogP contribution in [0.3, 0.4) is 0 Å². The number of hydrogen-bond donors (Lipinski definition) is 0. The average molecular weight is 343 g/mol. The van der Waals surface area contributed by atoms with Gasteiger partial charge in [0.15, 0.2) is 0 Å². The number of carbonyl (C=O) groups is 1. The summed E-state index contributed by atoms with van der Waals surface area (Å²) in [6, 6.07) is 11.4. The molecule has 0 atom stereocenters. The molecule has 5 nitrogen and oxygen atoms in total. The van der Waals surface area contributed by atoms with Crippen molar-refractivity contribution in [2.45, 2.75) is 11.0 Å². The first kappa shape index (κ1) is 16.3. The fraction of sp³-hybridized carbons (Fsp3) is 0.235. The zero-order valence-corrected chi connectivity index (χ0v) is 13.5. The maximum absolute atomic E-state index is 12.8. The Bertz CT molecular complexity index is 753. The largest absolute Gasteiger partial charge is 0.471 e. The zero-order chi connectivity index (χ0) is 16.9. The van der Waals surface area contributed by atoms with Gasteiger partial charge in [0.25, 0.3) is 0 Å². The van der Waals surface area contributed by atoms with E-state index in [0.29, 0.717) is 30.3 Å². The number of thioether (sulfide) groups is 1. The zero-order valence-electron chi connectivity index (χ0n) is 12.7. The van der Waals surface area contributed by atoms with Crippen molar-refractivity contribution in [2.75, 3.05) is 18.8 Å². The number of nitrogens with zero attached hydrogens (tertiary/aromatic N) is 3. The molecule has 7 heteroatoms. The van der Waals surface area contributed by atoms with Crippen molar-refractivity contribution in [2.24, 2.45) is 0 Å². The van der Waals surface area contributed by atoms with Crippen molar-refractivity contribution in [1.82, 2.24) is 9.88 Å². The summed E-state index contributed by atoms with van der Waals surface area (Å²) in [5.41, 5.74) is 0.477. The summed E-state index contributed by atoms with van der Waals surface area (Å²) >= 11 is 1.38. The smallest absolute Gasteiger partial charge is 0.233 e. The first-order valence-electron chi connectivity index (χ1n) is 7.33. The van der Waals surface area contributed by atoms with Crippen LogP contribution in [-0.4, -0.2) is 40.7 Å². The third-order valence-electron chi connectivity index (χ3n) is 3.53. The molecule has 1 aromatic heterocycles. The Kier molecular flexibility index (Phi) is 4.96. The van der Waals surface area contributed by atoms with Gasteiger partial charge in [0.1, 0.15) is 18.0 Å². The molecule has 2 heterocycles. The van der Waals surface area contributed by atoms with Gasteiger partial charge in [0.2, 0.25) is 11.8 Å². The predicted molar refractivity (Wildman–Crippen MR) is 87.1 cm³/mol. The summed E-state index contributed by atoms with van der Waals surface area (Å²) in [7, 11) is 0. The lowest BCUT2D eigenvalue weighted by Gasteiger charge is -2.38. The summed E-state index contributed by atoms with van der Waals surface area (Å²) in [6.45, 7) is 1.04. The lowest BCUT2D eigenvalue weighted by Crippen LogP contribution is -2.56. The fourth-order valence-electron chi connectivity index (χ4n) is 2.17. The Labute approximate surface area is 143 Å². The molecular weight excluding hydrogens is 329 g/mol. The third kappa shape index (κ3) is 4.03. The standard InChI is InChI=1S/C17H14FN3O2S/c18-13-2-4-15(5-3-13)24-11-17(22)21-9-14(10-21)23-16-6-1-12(7-19)8-20-16/h1-6,8,14H,9-11H2. The number of carbonyl (C=O) groups excluding carboxylic acids is 1. The summed E-state index contributed by atoms with van der Waals surface area (Å²) in [5.74, 6) is 0.501. The van der Waals surface area contributed by atoms with Gasteiger partial charge >= 0.3 is 0 Å². The highest BCUT2D eigenvalue weighted by atomic mass is 32.2. The number of aromatic nitrogens is 1. The number of amides is 1. The number of hydrogen-bond acceptors (Lipinski definition) is 5. The van der Waals surface area contributed by atoms with E-state index in [1.807, 2.05) is 6.07 Å². The van der Waals surface area contributed by atoms with Gasteiger partial charge in [-0.05, 0) is 30.3 Å². The number of rotatable bonds is 5. The van der Waals surface area contributed by atoms with E-state index in [-0.39, 0.29) is 17.8 Å². The summed E-state index contributed by atoms with van der Waals surface area (Å²) in [5, 5.41) is 8.71. The van der Waals surface area contributed by atoms with Crippen LogP contribution >= 0.6 is 11.8 Å². The summed E-state index contributed by atoms with van der Waals surface area (Å²) in [6.07, 6.45) is 1.38. The molecule has 1 aromatic carbocycles. The molecule has 122 valence electrons. The Morgan fingerprint density at radius 1 is 1.33 bits per heavy atom. The van der Waals surface area contributed by atoms with E-state index < -0.39 is 0 Å². The van der Waals surface area contributed by atoms with Gasteiger partial charge in [0.05, 0.1) is 24.4 Å². The van der Waals surface area contributed by atoms with Crippen molar-refractivity contribution in [3.63, 3.8) is 0 Å². The van der Waals surface area contributed by atoms with Crippen molar-refractivity contribution in [1.29, 1.82) is 5.26 Å². The van der Waals surface area contributed by atoms with Crippen LogP contribution in [0.1, 0.15) is 5.56 Å². The van der Waals surface area contributed by atoms with Crippen molar-refractivity contribution in [3.05, 3.63) is 54.0 Å². The highest BCUT2D eigenvalue weighted by Gasteiger charge is 2.32. The van der Waals surface area contributed by atoms with E-state index >= 15 is 0 Å². The minimum atomic E-state index is -0.287. The number of nitriles is 1. The van der Waals surface area contributed by atoms with Crippen LogP contribution in [0.15, 0.2) is 47.5 Å². The highest BCUT2D eigenvalue weighted by Crippen LogP contribution is 2.21. The SMILES string of the molecule is N#Cc1ccc(OC2CN(C(=O)CSc3ccc(F)cc3)C2)nc1. The molecule has 0 radical (unpaired) electrons. The minimum absolute atomic E-state index is 0.0250. The fourth-order valence-corrected chi connectivity index (χ4v) is 2.97. The molecule has 0 aliphatic carbocycles. The molecular formula is C17H14FN3O2S. The topological polar surface area (TPSA) is 66.2 Å². The van der Waals surface area contributed by atoms with E-state index in [1.165, 1.54) is 30.1 Å². The molecule has 1 aliphatic rings. The number of benzene rings is 1. The quantitative estimate of drug-likeness (QED) is 0.780. The van der Waals surface area contributed by atoms with Gasteiger partial charge in [-0.1, -0.05) is 0 Å². The van der Waals surface area contributed by atoms with E-state index in [0.717, 1.165) is 4.90 Å². The second-order valence-corrected chi connectivity index (χ2v) is 6.33. The van der Waals surface area contributed by atoms with Crippen LogP contribution in [0, 0.1) is 17.1 Å². The highest BCUT2D eigenvalue weighted by molar-refractivity contribution is 8.00. The second kappa shape index (κ2) is 7.32. The molecule has 0 N–H and O–H groups in total. The molecule has 0 bridgehead atoms. The minimum Gasteiger partial charge on any atom is -0.471 e. The predicted octanol–water partition coefficient (Wildman–Crippen LogP) is 2.47. The molecule has 3 rings (SSSR count). The van der Waals surface area contributed by atoms with Gasteiger partial charge in [-0.25, -0.2) is 9.37 Å². The van der Waals surface area contributed by atoms with Crippen LogP contribution in [-0.2, 0) is 4.79 Å². The average Bonchev–Trinajstić information content (AvgIpc) is 2.57. The van der Waals surface area contributed by atoms with E-state index in [4.69, 9.17) is 10.00 Å². The third-order valence-corrected chi connectivity index (χ3v) is 4.53. The summed E-state index contributed by atoms with van der Waals surface area (Å²) < 4.78 is 18.5. The van der Waals surface area contributed by atoms with Crippen molar-refractivity contribution in [3.8, 4) is 11.9 Å². The van der Waals surface area contributed by atoms with Crippen LogP contribution in [0.25, 0.3) is 0 Å². The lowest BCUT2D eigenvalue weighted by atomic mass is 10.1. The Hall–Kier alpha value is -2.59. The van der Waals surface area contributed by atoms with Gasteiger partial charge in [0, 0.05) is 17.2 Å². The summed E-state index contributed by atoms with van der Waals surface area (Å²) in [4.78, 5) is 18.7. The number of halogens is 1. The van der Waals surface area contributed by atoms with Crippen molar-refractivity contribution < 1.29 is 13.9 Å². The molecule has 0 spiro atoms. The van der Waals surface area contributed by atoms with Gasteiger partial charge < -0.3 is 9.64 Å². The normalized spacial score (nSPS) is 13.9. The Balaban J connectivity index is 1.41. The second-order valence-electron chi connectivity index (χ2n) is 5.28. The van der Waals surface area contributed by atoms with Crippen LogP contribution < -0.4 is 4.74 Å². The molecule has 1 aliphatic heterocycles. The number of likely N-dealkylation sites (tertiary alicyclic amines) is 1. The maximum atomic E-state index is 12.8. The van der Waals surface area contributed by atoms with E-state index in [9.17, 15) is 9.18 Å². The monoisotopic (exact) mass is 343 g/mol. The van der Waals surface area contributed by atoms with Crippen LogP contribution in [0.5, 0.6) is 5.88 Å². The molecule has 1 saturated heterocycles. The molecule has 2 aromatic rings. The maximum Gasteiger partial charge on any atom is 0.233 e. The molecule has 0 saturated carbocycles. The van der Waals surface area contributed by atoms with E-state index in [1.54, 1.807) is 29.2 Å². The Morgan fingerprint density at radius 3 is 2.71 bits per heavy atom. The van der Waals surface area contributed by atoms with Gasteiger partial charge in [-0.15, -0.1) is 11.8 Å². The first-order chi connectivity index (χ1) is 11.6. The number of ether oxygens (including phenoxy) is 1. The van der Waals surface area contributed by atoms with Crippen LogP contribution in [0.4, 0.5) is 4.39 Å². The first-order valence-corrected chi connectivity index (χ1v) is 8.31. The molecule has 1 amide bonds. The van der Waals surface area contributed by atoms with Gasteiger partial charge in [-0.3, -0.25) is 4.79 Å². The van der Waals surface area contributed by atoms with Gasteiger partial charge in [-0.2, -0.15) is 5.26 Å². The van der Waals surface area contributed by atoms with E-state index in [2.05, 4.69) is 4.98 Å². The van der Waals surface area contributed by atoms with Crippen molar-refractivity contribution >= 4 is 17.7 Å². The number of pyridine rings is 1.